The second-order valence-corrected chi connectivity index (χ2v) is 6.15. The van der Waals surface area contributed by atoms with Crippen molar-refractivity contribution < 1.29 is 9.84 Å². The van der Waals surface area contributed by atoms with Gasteiger partial charge in [0, 0.05) is 25.1 Å². The Morgan fingerprint density at radius 1 is 1.30 bits per heavy atom. The second kappa shape index (κ2) is 5.70. The number of aryl methyl sites for hydroxylation is 1. The highest BCUT2D eigenvalue weighted by molar-refractivity contribution is 7.80. The molecule has 3 nitrogen and oxygen atoms in total. The van der Waals surface area contributed by atoms with E-state index in [1.165, 1.54) is 11.1 Å². The van der Waals surface area contributed by atoms with E-state index in [4.69, 9.17) is 17.0 Å². The first kappa shape index (κ1) is 13.8. The molecule has 1 saturated heterocycles. The first-order chi connectivity index (χ1) is 9.66. The quantitative estimate of drug-likeness (QED) is 0.848. The molecule has 1 fully saturated rings. The molecule has 0 saturated carbocycles. The van der Waals surface area contributed by atoms with Gasteiger partial charge in [0.05, 0.1) is 18.2 Å². The van der Waals surface area contributed by atoms with Crippen LogP contribution in [0.25, 0.3) is 0 Å². The smallest absolute Gasteiger partial charge is 0.122 e. The molecule has 0 spiro atoms. The summed E-state index contributed by atoms with van der Waals surface area (Å²) in [5, 5.41) is 10.5. The van der Waals surface area contributed by atoms with Crippen LogP contribution in [0, 0.1) is 6.92 Å². The summed E-state index contributed by atoms with van der Waals surface area (Å²) in [4.78, 5) is 3.11. The summed E-state index contributed by atoms with van der Waals surface area (Å²) in [7, 11) is 0. The zero-order chi connectivity index (χ0) is 14.1. The molecule has 0 aromatic heterocycles. The van der Waals surface area contributed by atoms with Crippen LogP contribution in [-0.4, -0.2) is 41.3 Å². The Kier molecular flexibility index (Phi) is 3.94. The lowest BCUT2D eigenvalue weighted by atomic mass is 9.97. The van der Waals surface area contributed by atoms with Crippen molar-refractivity contribution in [1.29, 1.82) is 0 Å². The van der Waals surface area contributed by atoms with Gasteiger partial charge >= 0.3 is 0 Å². The number of fused-ring (bicyclic) bond motifs is 1. The lowest BCUT2D eigenvalue weighted by Crippen LogP contribution is -2.40. The minimum Gasteiger partial charge on any atom is -0.507 e. The highest BCUT2D eigenvalue weighted by Gasteiger charge is 2.22. The number of phenolic OH excluding ortho intramolecular Hbond substituents is 1. The number of hydrogen-bond acceptors (Lipinski definition) is 3. The van der Waals surface area contributed by atoms with Crippen LogP contribution in [-0.2, 0) is 24.0 Å². The average Bonchev–Trinajstić information content (AvgIpc) is 2.95. The fourth-order valence-electron chi connectivity index (χ4n) is 3.27. The van der Waals surface area contributed by atoms with Gasteiger partial charge in [-0.05, 0) is 42.9 Å². The molecule has 1 aromatic rings. The van der Waals surface area contributed by atoms with E-state index in [1.54, 1.807) is 0 Å². The average molecular weight is 291 g/mol. The number of hydrogen-bond donors (Lipinski definition) is 1. The molecule has 1 aliphatic heterocycles. The Hall–Kier alpha value is -1.13. The van der Waals surface area contributed by atoms with Crippen LogP contribution in [0.3, 0.4) is 0 Å². The van der Waals surface area contributed by atoms with Gasteiger partial charge in [-0.2, -0.15) is 0 Å². The molecular weight excluding hydrogens is 270 g/mol. The van der Waals surface area contributed by atoms with Crippen molar-refractivity contribution in [2.75, 3.05) is 26.3 Å². The molecule has 0 atom stereocenters. The maximum Gasteiger partial charge on any atom is 0.122 e. The SMILES string of the molecule is Cc1cc(CC(=S)N2CCOCC2)c(O)c2c1CCC2. The summed E-state index contributed by atoms with van der Waals surface area (Å²) in [5.74, 6) is 0.485. The summed E-state index contributed by atoms with van der Waals surface area (Å²) >= 11 is 5.55. The van der Waals surface area contributed by atoms with Crippen molar-refractivity contribution >= 4 is 17.2 Å². The van der Waals surface area contributed by atoms with Crippen molar-refractivity contribution in [3.05, 3.63) is 28.3 Å². The number of phenols is 1. The largest absolute Gasteiger partial charge is 0.507 e. The molecule has 0 amide bonds. The summed E-state index contributed by atoms with van der Waals surface area (Å²) in [6.45, 7) is 5.36. The normalized spacial score (nSPS) is 18.1. The highest BCUT2D eigenvalue weighted by atomic mass is 32.1. The van der Waals surface area contributed by atoms with E-state index >= 15 is 0 Å². The van der Waals surface area contributed by atoms with Crippen LogP contribution in [0.5, 0.6) is 5.75 Å². The molecule has 1 aromatic carbocycles. The molecule has 1 heterocycles. The van der Waals surface area contributed by atoms with Crippen molar-refractivity contribution in [2.45, 2.75) is 32.6 Å². The second-order valence-electron chi connectivity index (χ2n) is 5.68. The molecule has 2 aliphatic rings. The van der Waals surface area contributed by atoms with Crippen LogP contribution in [0.1, 0.15) is 28.7 Å². The van der Waals surface area contributed by atoms with Crippen molar-refractivity contribution in [1.82, 2.24) is 4.90 Å². The minimum absolute atomic E-state index is 0.485. The Bertz CT molecular complexity index is 536. The van der Waals surface area contributed by atoms with Gasteiger partial charge < -0.3 is 14.7 Å². The van der Waals surface area contributed by atoms with Gasteiger partial charge in [0.1, 0.15) is 5.75 Å². The van der Waals surface area contributed by atoms with Crippen LogP contribution in [0.4, 0.5) is 0 Å². The Labute approximate surface area is 125 Å². The number of rotatable bonds is 2. The van der Waals surface area contributed by atoms with Crippen LogP contribution >= 0.6 is 12.2 Å². The maximum absolute atomic E-state index is 10.5. The first-order valence-electron chi connectivity index (χ1n) is 7.35. The van der Waals surface area contributed by atoms with E-state index in [2.05, 4.69) is 17.9 Å². The minimum atomic E-state index is 0.485. The van der Waals surface area contributed by atoms with Crippen molar-refractivity contribution in [3.63, 3.8) is 0 Å². The zero-order valence-corrected chi connectivity index (χ0v) is 12.8. The molecule has 108 valence electrons. The predicted molar refractivity (Wildman–Crippen MR) is 83.6 cm³/mol. The Morgan fingerprint density at radius 2 is 2.00 bits per heavy atom. The van der Waals surface area contributed by atoms with Crippen LogP contribution in [0.15, 0.2) is 6.07 Å². The van der Waals surface area contributed by atoms with Gasteiger partial charge in [0.2, 0.25) is 0 Å². The summed E-state index contributed by atoms with van der Waals surface area (Å²) in [5.41, 5.74) is 4.79. The molecule has 1 aliphatic carbocycles. The van der Waals surface area contributed by atoms with E-state index in [0.717, 1.165) is 61.7 Å². The number of nitrogens with zero attached hydrogens (tertiary/aromatic N) is 1. The van der Waals surface area contributed by atoms with Gasteiger partial charge in [-0.1, -0.05) is 18.3 Å². The van der Waals surface area contributed by atoms with E-state index in [1.807, 2.05) is 0 Å². The van der Waals surface area contributed by atoms with E-state index in [9.17, 15) is 5.11 Å². The molecule has 0 radical (unpaired) electrons. The van der Waals surface area contributed by atoms with Gasteiger partial charge in [-0.25, -0.2) is 0 Å². The fraction of sp³-hybridized carbons (Fsp3) is 0.562. The molecule has 20 heavy (non-hydrogen) atoms. The highest BCUT2D eigenvalue weighted by Crippen LogP contribution is 2.35. The standard InChI is InChI=1S/C16H21NO2S/c1-11-9-12(16(18)14-4-2-3-13(11)14)10-15(20)17-5-7-19-8-6-17/h9,18H,2-8,10H2,1H3. The van der Waals surface area contributed by atoms with Gasteiger partial charge in [0.25, 0.3) is 0 Å². The fourth-order valence-corrected chi connectivity index (χ4v) is 3.61. The topological polar surface area (TPSA) is 32.7 Å². The van der Waals surface area contributed by atoms with Crippen LogP contribution in [0.2, 0.25) is 0 Å². The number of ether oxygens (including phenoxy) is 1. The first-order valence-corrected chi connectivity index (χ1v) is 7.76. The maximum atomic E-state index is 10.5. The molecule has 3 rings (SSSR count). The molecule has 0 bridgehead atoms. The van der Waals surface area contributed by atoms with Crippen molar-refractivity contribution in [2.24, 2.45) is 0 Å². The number of aromatic hydroxyl groups is 1. The lowest BCUT2D eigenvalue weighted by molar-refractivity contribution is 0.0684. The summed E-state index contributed by atoms with van der Waals surface area (Å²) < 4.78 is 5.35. The molecule has 1 N–H and O–H groups in total. The number of morpholine rings is 1. The van der Waals surface area contributed by atoms with E-state index in [0.29, 0.717) is 12.2 Å². The van der Waals surface area contributed by atoms with Gasteiger partial charge in [-0.3, -0.25) is 0 Å². The Morgan fingerprint density at radius 3 is 2.75 bits per heavy atom. The van der Waals surface area contributed by atoms with E-state index < -0.39 is 0 Å². The number of benzene rings is 1. The number of thiocarbonyl (C=S) groups is 1. The third-order valence-electron chi connectivity index (χ3n) is 4.38. The third-order valence-corrected chi connectivity index (χ3v) is 4.78. The van der Waals surface area contributed by atoms with Gasteiger partial charge in [0.15, 0.2) is 0 Å². The lowest BCUT2D eigenvalue weighted by Gasteiger charge is -2.29. The van der Waals surface area contributed by atoms with E-state index in [-0.39, 0.29) is 0 Å². The Balaban J connectivity index is 1.80. The van der Waals surface area contributed by atoms with Gasteiger partial charge in [-0.15, -0.1) is 0 Å². The molecular formula is C16H21NO2S. The summed E-state index contributed by atoms with van der Waals surface area (Å²) in [6, 6.07) is 2.12. The monoisotopic (exact) mass is 291 g/mol. The zero-order valence-electron chi connectivity index (χ0n) is 11.9. The third kappa shape index (κ3) is 2.54. The summed E-state index contributed by atoms with van der Waals surface area (Å²) in [6.07, 6.45) is 3.92. The predicted octanol–water partition coefficient (Wildman–Crippen LogP) is 2.39. The molecule has 0 unspecified atom stereocenters. The molecule has 4 heteroatoms. The van der Waals surface area contributed by atoms with Crippen LogP contribution < -0.4 is 0 Å². The van der Waals surface area contributed by atoms with Crippen molar-refractivity contribution in [3.8, 4) is 5.75 Å².